The molecule has 2 aliphatic rings. The fourth-order valence-electron chi connectivity index (χ4n) is 3.87. The second-order valence-electron chi connectivity index (χ2n) is 7.54. The van der Waals surface area contributed by atoms with E-state index < -0.39 is 6.04 Å². The van der Waals surface area contributed by atoms with Gasteiger partial charge in [-0.3, -0.25) is 14.6 Å². The summed E-state index contributed by atoms with van der Waals surface area (Å²) in [5.74, 6) is 0.118. The minimum atomic E-state index is -0.689. The van der Waals surface area contributed by atoms with Crippen molar-refractivity contribution in [3.05, 3.63) is 125 Å². The number of amides is 1. The minimum absolute atomic E-state index is 0.178. The Morgan fingerprint density at radius 3 is 2.58 bits per heavy atom. The number of carbonyl (C=O) groups excluding carboxylic acids is 2. The van der Waals surface area contributed by atoms with E-state index in [1.54, 1.807) is 18.4 Å². The van der Waals surface area contributed by atoms with Crippen LogP contribution in [-0.4, -0.2) is 26.6 Å². The maximum absolute atomic E-state index is 13.3. The summed E-state index contributed by atoms with van der Waals surface area (Å²) in [6.07, 6.45) is 9.24. The second kappa shape index (κ2) is 8.84. The molecule has 1 aliphatic heterocycles. The first kappa shape index (κ1) is 20.8. The minimum Gasteiger partial charge on any atom is -0.489 e. The van der Waals surface area contributed by atoms with Crippen LogP contribution < -0.4 is 4.74 Å². The van der Waals surface area contributed by atoms with Crippen molar-refractivity contribution in [2.75, 3.05) is 0 Å². The van der Waals surface area contributed by atoms with Crippen LogP contribution in [0.5, 0.6) is 5.75 Å². The molecule has 0 bridgehead atoms. The number of allylic oxidation sites excluding steroid dienone is 3. The van der Waals surface area contributed by atoms with E-state index in [4.69, 9.17) is 16.3 Å². The van der Waals surface area contributed by atoms with Crippen LogP contribution in [0.2, 0.25) is 5.15 Å². The van der Waals surface area contributed by atoms with Crippen molar-refractivity contribution in [3.8, 4) is 5.75 Å². The first-order valence-corrected chi connectivity index (χ1v) is 10.7. The number of hydrogen-bond donors (Lipinski definition) is 0. The lowest BCUT2D eigenvalue weighted by atomic mass is 9.99. The summed E-state index contributed by atoms with van der Waals surface area (Å²) < 4.78 is 5.99. The molecule has 3 aromatic rings. The van der Waals surface area contributed by atoms with Crippen LogP contribution in [0.25, 0.3) is 0 Å². The highest BCUT2D eigenvalue weighted by Crippen LogP contribution is 2.38. The van der Waals surface area contributed by atoms with Crippen LogP contribution in [0, 0.1) is 0 Å². The third-order valence-corrected chi connectivity index (χ3v) is 5.73. The number of nitrogens with zero attached hydrogens (tertiary/aromatic N) is 3. The first-order chi connectivity index (χ1) is 16.1. The van der Waals surface area contributed by atoms with E-state index in [0.717, 1.165) is 11.1 Å². The molecule has 0 saturated heterocycles. The zero-order valence-corrected chi connectivity index (χ0v) is 18.1. The highest BCUT2D eigenvalue weighted by Gasteiger charge is 2.38. The zero-order valence-electron chi connectivity index (χ0n) is 17.4. The van der Waals surface area contributed by atoms with E-state index in [1.165, 1.54) is 23.4 Å². The monoisotopic (exact) mass is 455 g/mol. The van der Waals surface area contributed by atoms with Gasteiger partial charge in [0, 0.05) is 18.6 Å². The van der Waals surface area contributed by atoms with Crippen molar-refractivity contribution < 1.29 is 14.3 Å². The number of rotatable bonds is 6. The molecule has 7 heteroatoms. The SMILES string of the molecule is O=C1C=CC=C2C(=O)N(C(c3cccc(OCc4ccccc4)c3)c3nccnc3Cl)C=C12. The van der Waals surface area contributed by atoms with Gasteiger partial charge in [-0.2, -0.15) is 0 Å². The Hall–Kier alpha value is -4.03. The third-order valence-electron chi connectivity index (χ3n) is 5.44. The van der Waals surface area contributed by atoms with E-state index in [0.29, 0.717) is 29.2 Å². The molecule has 162 valence electrons. The average molecular weight is 456 g/mol. The van der Waals surface area contributed by atoms with Gasteiger partial charge in [0.2, 0.25) is 0 Å². The Labute approximate surface area is 195 Å². The molecular weight excluding hydrogens is 438 g/mol. The second-order valence-corrected chi connectivity index (χ2v) is 7.90. The Morgan fingerprint density at radius 1 is 0.970 bits per heavy atom. The number of ether oxygens (including phenoxy) is 1. The number of aromatic nitrogens is 2. The Bertz CT molecular complexity index is 1330. The molecule has 1 atom stereocenters. The lowest BCUT2D eigenvalue weighted by Crippen LogP contribution is -2.29. The molecule has 0 saturated carbocycles. The van der Waals surface area contributed by atoms with Crippen molar-refractivity contribution in [1.29, 1.82) is 0 Å². The number of benzene rings is 2. The predicted octanol–water partition coefficient (Wildman–Crippen LogP) is 4.59. The quantitative estimate of drug-likeness (QED) is 0.543. The van der Waals surface area contributed by atoms with Gasteiger partial charge in [-0.1, -0.05) is 60.1 Å². The van der Waals surface area contributed by atoms with Crippen molar-refractivity contribution in [2.45, 2.75) is 12.6 Å². The summed E-state index contributed by atoms with van der Waals surface area (Å²) >= 11 is 6.40. The van der Waals surface area contributed by atoms with Gasteiger partial charge in [-0.05, 0) is 35.4 Å². The summed E-state index contributed by atoms with van der Waals surface area (Å²) in [5.41, 5.74) is 2.88. The lowest BCUT2D eigenvalue weighted by molar-refractivity contribution is -0.125. The summed E-state index contributed by atoms with van der Waals surface area (Å²) in [7, 11) is 0. The number of fused-ring (bicyclic) bond motifs is 1. The normalized spacial score (nSPS) is 15.7. The van der Waals surface area contributed by atoms with Crippen molar-refractivity contribution in [3.63, 3.8) is 0 Å². The first-order valence-electron chi connectivity index (χ1n) is 10.3. The van der Waals surface area contributed by atoms with E-state index in [1.807, 2.05) is 54.6 Å². The Morgan fingerprint density at radius 2 is 1.79 bits per heavy atom. The summed E-state index contributed by atoms with van der Waals surface area (Å²) in [6.45, 7) is 0.403. The van der Waals surface area contributed by atoms with Crippen LogP contribution in [-0.2, 0) is 16.2 Å². The highest BCUT2D eigenvalue weighted by atomic mass is 35.5. The van der Waals surface area contributed by atoms with E-state index in [9.17, 15) is 9.59 Å². The van der Waals surface area contributed by atoms with E-state index in [2.05, 4.69) is 9.97 Å². The van der Waals surface area contributed by atoms with Crippen molar-refractivity contribution >= 4 is 23.3 Å². The molecule has 1 amide bonds. The van der Waals surface area contributed by atoms with Gasteiger partial charge in [0.25, 0.3) is 5.91 Å². The van der Waals surface area contributed by atoms with Gasteiger partial charge in [0.15, 0.2) is 10.9 Å². The molecule has 0 N–H and O–H groups in total. The van der Waals surface area contributed by atoms with Gasteiger partial charge >= 0.3 is 0 Å². The maximum Gasteiger partial charge on any atom is 0.259 e. The van der Waals surface area contributed by atoms with E-state index in [-0.39, 0.29) is 16.8 Å². The number of carbonyl (C=O) groups is 2. The summed E-state index contributed by atoms with van der Waals surface area (Å²) in [5, 5.41) is 0.178. The number of hydrogen-bond acceptors (Lipinski definition) is 5. The number of halogens is 1. The van der Waals surface area contributed by atoms with Gasteiger partial charge in [0.05, 0.1) is 11.1 Å². The molecule has 6 nitrogen and oxygen atoms in total. The third kappa shape index (κ3) is 4.08. The molecule has 2 aromatic carbocycles. The largest absolute Gasteiger partial charge is 0.489 e. The van der Waals surface area contributed by atoms with Gasteiger partial charge in [-0.15, -0.1) is 0 Å². The highest BCUT2D eigenvalue weighted by molar-refractivity contribution is 6.30. The standard InChI is InChI=1S/C26H18ClN3O3/c27-25-23(28-12-13-29-25)24(30-15-21-20(26(30)32)10-5-11-22(21)31)18-8-4-9-19(14-18)33-16-17-6-2-1-3-7-17/h1-15,24H,16H2. The van der Waals surface area contributed by atoms with Crippen LogP contribution in [0.4, 0.5) is 0 Å². The molecule has 1 unspecified atom stereocenters. The molecule has 1 aliphatic carbocycles. The van der Waals surface area contributed by atoms with Gasteiger partial charge in [-0.25, -0.2) is 4.98 Å². The summed E-state index contributed by atoms with van der Waals surface area (Å²) in [6, 6.07) is 16.6. The molecule has 0 spiro atoms. The van der Waals surface area contributed by atoms with Gasteiger partial charge in [0.1, 0.15) is 24.1 Å². The molecule has 2 heterocycles. The Kier molecular flexibility index (Phi) is 5.59. The molecule has 5 rings (SSSR count). The van der Waals surface area contributed by atoms with Gasteiger partial charge < -0.3 is 9.64 Å². The summed E-state index contributed by atoms with van der Waals surface area (Å²) in [4.78, 5) is 35.7. The maximum atomic E-state index is 13.3. The smallest absolute Gasteiger partial charge is 0.259 e. The fourth-order valence-corrected chi connectivity index (χ4v) is 4.08. The lowest BCUT2D eigenvalue weighted by Gasteiger charge is -2.27. The van der Waals surface area contributed by atoms with Crippen molar-refractivity contribution in [2.24, 2.45) is 0 Å². The van der Waals surface area contributed by atoms with E-state index >= 15 is 0 Å². The molecule has 1 aromatic heterocycles. The fraction of sp³-hybridized carbons (Fsp3) is 0.0769. The average Bonchev–Trinajstić information content (AvgIpc) is 3.18. The zero-order chi connectivity index (χ0) is 22.8. The molecule has 33 heavy (non-hydrogen) atoms. The topological polar surface area (TPSA) is 72.4 Å². The molecule has 0 fully saturated rings. The number of ketones is 1. The molecular formula is C26H18ClN3O3. The van der Waals surface area contributed by atoms with Crippen LogP contribution in [0.15, 0.2) is 103 Å². The van der Waals surface area contributed by atoms with Crippen LogP contribution in [0.3, 0.4) is 0 Å². The predicted molar refractivity (Wildman–Crippen MR) is 123 cm³/mol. The van der Waals surface area contributed by atoms with Crippen LogP contribution >= 0.6 is 11.6 Å². The Balaban J connectivity index is 1.53. The van der Waals surface area contributed by atoms with Crippen molar-refractivity contribution in [1.82, 2.24) is 14.9 Å². The van der Waals surface area contributed by atoms with Crippen LogP contribution in [0.1, 0.15) is 22.9 Å². The molecule has 0 radical (unpaired) electrons.